The number of hydrogen-bond donors (Lipinski definition) is 2. The summed E-state index contributed by atoms with van der Waals surface area (Å²) in [6.07, 6.45) is 4.19. The zero-order valence-electron chi connectivity index (χ0n) is 12.7. The zero-order chi connectivity index (χ0) is 15.7. The number of amides is 1. The Kier molecular flexibility index (Phi) is 3.19. The number of ether oxygens (including phenoxy) is 1. The summed E-state index contributed by atoms with van der Waals surface area (Å²) >= 11 is 3.36. The van der Waals surface area contributed by atoms with Gasteiger partial charge in [0.25, 0.3) is 0 Å². The molecule has 1 amide bonds. The van der Waals surface area contributed by atoms with Crippen molar-refractivity contribution in [3.05, 3.63) is 0 Å². The second-order valence-electron chi connectivity index (χ2n) is 7.52. The Morgan fingerprint density at radius 2 is 2.23 bits per heavy atom. The van der Waals surface area contributed by atoms with Gasteiger partial charge in [-0.15, -0.1) is 0 Å². The number of alkyl halides is 1. The molecule has 7 unspecified atom stereocenters. The Morgan fingerprint density at radius 1 is 1.45 bits per heavy atom. The first kappa shape index (κ1) is 14.9. The Balaban J connectivity index is 1.66. The lowest BCUT2D eigenvalue weighted by Gasteiger charge is -2.55. The molecule has 2 saturated carbocycles. The lowest BCUT2D eigenvalue weighted by Crippen LogP contribution is -2.80. The van der Waals surface area contributed by atoms with Crippen molar-refractivity contribution in [3.63, 3.8) is 0 Å². The molecule has 22 heavy (non-hydrogen) atoms. The molecule has 2 aliphatic heterocycles. The van der Waals surface area contributed by atoms with Crippen LogP contribution >= 0.6 is 15.9 Å². The van der Waals surface area contributed by atoms with E-state index in [1.165, 1.54) is 6.42 Å². The molecule has 2 saturated heterocycles. The quantitative estimate of drug-likeness (QED) is 0.577. The van der Waals surface area contributed by atoms with Crippen molar-refractivity contribution in [1.82, 2.24) is 5.32 Å². The van der Waals surface area contributed by atoms with Crippen molar-refractivity contribution in [3.8, 4) is 0 Å². The zero-order valence-corrected chi connectivity index (χ0v) is 14.3. The molecule has 122 valence electrons. The molecule has 4 fully saturated rings. The topological polar surface area (TPSA) is 75.6 Å². The number of carbonyl (C=O) groups is 2. The second kappa shape index (κ2) is 4.69. The van der Waals surface area contributed by atoms with E-state index in [0.29, 0.717) is 23.6 Å². The van der Waals surface area contributed by atoms with Crippen LogP contribution in [0.3, 0.4) is 0 Å². The number of carbonyl (C=O) groups excluding carboxylic acids is 2. The summed E-state index contributed by atoms with van der Waals surface area (Å²) in [6, 6.07) is 0. The van der Waals surface area contributed by atoms with Crippen molar-refractivity contribution in [1.29, 1.82) is 0 Å². The van der Waals surface area contributed by atoms with Crippen LogP contribution < -0.4 is 5.32 Å². The minimum atomic E-state index is -1.23. The van der Waals surface area contributed by atoms with E-state index < -0.39 is 29.1 Å². The van der Waals surface area contributed by atoms with Crippen LogP contribution in [-0.4, -0.2) is 39.6 Å². The van der Waals surface area contributed by atoms with E-state index in [2.05, 4.69) is 21.2 Å². The highest BCUT2D eigenvalue weighted by Crippen LogP contribution is 2.59. The SMILES string of the molecule is CC12OC(=O)C1(C(O)C1CCCC3CC31)NC(=O)C2CCBr. The van der Waals surface area contributed by atoms with E-state index in [-0.39, 0.29) is 11.8 Å². The van der Waals surface area contributed by atoms with Crippen molar-refractivity contribution >= 4 is 27.8 Å². The van der Waals surface area contributed by atoms with Gasteiger partial charge in [0.15, 0.2) is 5.60 Å². The summed E-state index contributed by atoms with van der Waals surface area (Å²) in [4.78, 5) is 24.7. The van der Waals surface area contributed by atoms with Gasteiger partial charge in [-0.2, -0.15) is 0 Å². The van der Waals surface area contributed by atoms with Crippen LogP contribution in [0.2, 0.25) is 0 Å². The maximum absolute atomic E-state index is 12.4. The predicted molar refractivity (Wildman–Crippen MR) is 82.2 cm³/mol. The molecule has 4 aliphatic rings. The fourth-order valence-corrected chi connectivity index (χ4v) is 5.69. The number of nitrogens with one attached hydrogen (secondary N) is 1. The maximum atomic E-state index is 12.4. The van der Waals surface area contributed by atoms with E-state index in [1.807, 2.05) is 0 Å². The number of aliphatic hydroxyl groups is 1. The monoisotopic (exact) mass is 371 g/mol. The van der Waals surface area contributed by atoms with Gasteiger partial charge in [0.05, 0.1) is 12.0 Å². The molecule has 0 aromatic rings. The molecule has 2 N–H and O–H groups in total. The lowest BCUT2D eigenvalue weighted by atomic mass is 9.63. The Bertz CT molecular complexity index is 540. The first-order valence-corrected chi connectivity index (χ1v) is 9.37. The van der Waals surface area contributed by atoms with E-state index in [4.69, 9.17) is 4.74 Å². The van der Waals surface area contributed by atoms with Crippen LogP contribution in [0.15, 0.2) is 0 Å². The van der Waals surface area contributed by atoms with Gasteiger partial charge in [-0.25, -0.2) is 4.79 Å². The van der Waals surface area contributed by atoms with Gasteiger partial charge in [0, 0.05) is 5.33 Å². The molecular weight excluding hydrogens is 350 g/mol. The molecule has 2 aliphatic carbocycles. The summed E-state index contributed by atoms with van der Waals surface area (Å²) in [6.45, 7) is 1.80. The molecule has 7 atom stereocenters. The van der Waals surface area contributed by atoms with Crippen LogP contribution in [-0.2, 0) is 14.3 Å². The van der Waals surface area contributed by atoms with Gasteiger partial charge < -0.3 is 15.2 Å². The first-order valence-electron chi connectivity index (χ1n) is 8.25. The van der Waals surface area contributed by atoms with Crippen molar-refractivity contribution in [2.75, 3.05) is 5.33 Å². The summed E-state index contributed by atoms with van der Waals surface area (Å²) in [5.74, 6) is 0.308. The van der Waals surface area contributed by atoms with Crippen LogP contribution in [0.25, 0.3) is 0 Å². The Morgan fingerprint density at radius 3 is 2.91 bits per heavy atom. The van der Waals surface area contributed by atoms with Gasteiger partial charge >= 0.3 is 5.97 Å². The molecule has 0 aromatic carbocycles. The lowest BCUT2D eigenvalue weighted by molar-refractivity contribution is -0.240. The summed E-state index contributed by atoms with van der Waals surface area (Å²) in [7, 11) is 0. The van der Waals surface area contributed by atoms with E-state index in [9.17, 15) is 14.7 Å². The van der Waals surface area contributed by atoms with E-state index in [0.717, 1.165) is 19.3 Å². The Hall–Kier alpha value is -0.620. The minimum Gasteiger partial charge on any atom is -0.453 e. The van der Waals surface area contributed by atoms with Gasteiger partial charge in [0.1, 0.15) is 0 Å². The number of rotatable bonds is 4. The summed E-state index contributed by atoms with van der Waals surface area (Å²) in [5.41, 5.74) is -2.15. The third-order valence-electron chi connectivity index (χ3n) is 6.60. The molecule has 2 heterocycles. The molecule has 6 heteroatoms. The smallest absolute Gasteiger partial charge is 0.339 e. The largest absolute Gasteiger partial charge is 0.453 e. The minimum absolute atomic E-state index is 0.106. The second-order valence-corrected chi connectivity index (χ2v) is 8.32. The predicted octanol–water partition coefficient (Wildman–Crippen LogP) is 1.37. The van der Waals surface area contributed by atoms with Crippen LogP contribution in [0, 0.1) is 23.7 Å². The highest BCUT2D eigenvalue weighted by molar-refractivity contribution is 9.09. The number of hydrogen-bond acceptors (Lipinski definition) is 4. The average molecular weight is 372 g/mol. The van der Waals surface area contributed by atoms with Gasteiger partial charge in [0.2, 0.25) is 11.4 Å². The molecule has 0 spiro atoms. The van der Waals surface area contributed by atoms with Gasteiger partial charge in [-0.1, -0.05) is 28.8 Å². The fraction of sp³-hybridized carbons (Fsp3) is 0.875. The standard InChI is InChI=1S/C16H22BrNO4/c1-15-11(5-6-17)13(20)18-16(15,14(21)22-15)12(19)9-4-2-3-8-7-10(8)9/h8-12,19H,2-7H2,1H3,(H,18,20). The molecule has 4 rings (SSSR count). The average Bonchev–Trinajstić information content (AvgIpc) is 3.25. The Labute approximate surface area is 138 Å². The van der Waals surface area contributed by atoms with Crippen LogP contribution in [0.5, 0.6) is 0 Å². The van der Waals surface area contributed by atoms with Crippen LogP contribution in [0.4, 0.5) is 0 Å². The van der Waals surface area contributed by atoms with Crippen molar-refractivity contribution < 1.29 is 19.4 Å². The van der Waals surface area contributed by atoms with Gasteiger partial charge in [-0.3, -0.25) is 4.79 Å². The third-order valence-corrected chi connectivity index (χ3v) is 7.06. The molecule has 0 radical (unpaired) electrons. The number of esters is 1. The molecule has 0 bridgehead atoms. The maximum Gasteiger partial charge on any atom is 0.339 e. The first-order chi connectivity index (χ1) is 10.5. The number of aliphatic hydroxyl groups excluding tert-OH is 1. The van der Waals surface area contributed by atoms with Crippen LogP contribution in [0.1, 0.15) is 39.0 Å². The van der Waals surface area contributed by atoms with E-state index >= 15 is 0 Å². The van der Waals surface area contributed by atoms with Gasteiger partial charge in [-0.05, 0) is 43.9 Å². The molecule has 0 aromatic heterocycles. The number of fused-ring (bicyclic) bond motifs is 2. The normalized spacial score (nSPS) is 50.3. The van der Waals surface area contributed by atoms with E-state index in [1.54, 1.807) is 6.92 Å². The van der Waals surface area contributed by atoms with Crippen molar-refractivity contribution in [2.24, 2.45) is 23.7 Å². The highest BCUT2D eigenvalue weighted by Gasteiger charge is 2.80. The van der Waals surface area contributed by atoms with Crippen molar-refractivity contribution in [2.45, 2.75) is 56.3 Å². The fourth-order valence-electron chi connectivity index (χ4n) is 5.24. The molecule has 5 nitrogen and oxygen atoms in total. The summed E-state index contributed by atoms with van der Waals surface area (Å²) < 4.78 is 5.45. The summed E-state index contributed by atoms with van der Waals surface area (Å²) in [5, 5.41) is 14.6. The molecular formula is C16H22BrNO4. The highest BCUT2D eigenvalue weighted by atomic mass is 79.9. The third kappa shape index (κ3) is 1.63. The number of halogens is 1.